The number of pyridine rings is 1. The van der Waals surface area contributed by atoms with E-state index < -0.39 is 0 Å². The van der Waals surface area contributed by atoms with Gasteiger partial charge in [-0.15, -0.1) is 0 Å². The van der Waals surface area contributed by atoms with Crippen LogP contribution >= 0.6 is 23.8 Å². The summed E-state index contributed by atoms with van der Waals surface area (Å²) < 4.78 is 0. The summed E-state index contributed by atoms with van der Waals surface area (Å²) in [6.45, 7) is 0. The molecule has 0 amide bonds. The molecule has 0 aromatic carbocycles. The number of nitrogens with two attached hydrogens (primary N) is 1. The lowest BCUT2D eigenvalue weighted by Gasteiger charge is -1.99. The minimum atomic E-state index is 0.103. The van der Waals surface area contributed by atoms with E-state index in [1.54, 1.807) is 0 Å². The molecule has 0 unspecified atom stereocenters. The number of halogens is 1. The molecule has 0 bridgehead atoms. The number of rotatable bonds is 2. The molecule has 0 saturated heterocycles. The average Bonchev–Trinajstić information content (AvgIpc) is 2.04. The number of nitrogens with zero attached hydrogens (tertiary/aromatic N) is 2. The van der Waals surface area contributed by atoms with Crippen LogP contribution in [0.1, 0.15) is 5.69 Å². The van der Waals surface area contributed by atoms with E-state index in [0.717, 1.165) is 0 Å². The predicted molar refractivity (Wildman–Crippen MR) is 52.9 cm³/mol. The SMILES string of the molecule is NC(=S)c1ncc(N=C=O)cc1Cl. The second-order valence-electron chi connectivity index (χ2n) is 2.09. The Balaban J connectivity index is 3.19. The van der Waals surface area contributed by atoms with Crippen molar-refractivity contribution < 1.29 is 4.79 Å². The highest BCUT2D eigenvalue weighted by Gasteiger charge is 2.05. The van der Waals surface area contributed by atoms with E-state index >= 15 is 0 Å². The predicted octanol–water partition coefficient (Wildman–Crippen LogP) is 1.34. The average molecular weight is 214 g/mol. The summed E-state index contributed by atoms with van der Waals surface area (Å²) in [5.41, 5.74) is 5.96. The number of aromatic nitrogens is 1. The molecule has 4 nitrogen and oxygen atoms in total. The lowest BCUT2D eigenvalue weighted by molar-refractivity contribution is 0.565. The molecule has 13 heavy (non-hydrogen) atoms. The summed E-state index contributed by atoms with van der Waals surface area (Å²) in [5.74, 6) is 0. The summed E-state index contributed by atoms with van der Waals surface area (Å²) in [6.07, 6.45) is 2.71. The number of thiocarbonyl (C=S) groups is 1. The Morgan fingerprint density at radius 1 is 1.77 bits per heavy atom. The van der Waals surface area contributed by atoms with Crippen molar-refractivity contribution in [1.29, 1.82) is 0 Å². The van der Waals surface area contributed by atoms with Crippen molar-refractivity contribution in [2.75, 3.05) is 0 Å². The third-order valence-electron chi connectivity index (χ3n) is 1.23. The Kier molecular flexibility index (Phi) is 3.08. The molecule has 0 saturated carbocycles. The van der Waals surface area contributed by atoms with Crippen molar-refractivity contribution in [2.24, 2.45) is 10.7 Å². The van der Waals surface area contributed by atoms with Gasteiger partial charge in [-0.1, -0.05) is 23.8 Å². The fraction of sp³-hybridized carbons (Fsp3) is 0. The van der Waals surface area contributed by atoms with Crippen molar-refractivity contribution in [2.45, 2.75) is 0 Å². The molecule has 1 aromatic rings. The van der Waals surface area contributed by atoms with Gasteiger partial charge in [-0.25, -0.2) is 9.78 Å². The highest BCUT2D eigenvalue weighted by atomic mass is 35.5. The molecular weight excluding hydrogens is 210 g/mol. The van der Waals surface area contributed by atoms with Crippen LogP contribution in [-0.2, 0) is 4.79 Å². The van der Waals surface area contributed by atoms with Crippen LogP contribution in [0.15, 0.2) is 17.3 Å². The van der Waals surface area contributed by atoms with Crippen molar-refractivity contribution >= 4 is 40.6 Å². The lowest BCUT2D eigenvalue weighted by atomic mass is 10.3. The Morgan fingerprint density at radius 3 is 2.92 bits per heavy atom. The summed E-state index contributed by atoms with van der Waals surface area (Å²) in [4.78, 5) is 17.2. The highest BCUT2D eigenvalue weighted by Crippen LogP contribution is 2.19. The zero-order valence-electron chi connectivity index (χ0n) is 6.32. The van der Waals surface area contributed by atoms with Crippen LogP contribution in [-0.4, -0.2) is 16.1 Å². The van der Waals surface area contributed by atoms with Crippen LogP contribution in [0, 0.1) is 0 Å². The van der Waals surface area contributed by atoms with Crippen molar-refractivity contribution in [3.63, 3.8) is 0 Å². The Bertz CT molecular complexity index is 401. The van der Waals surface area contributed by atoms with Crippen LogP contribution in [0.4, 0.5) is 5.69 Å². The Morgan fingerprint density at radius 2 is 2.46 bits per heavy atom. The van der Waals surface area contributed by atoms with Crippen LogP contribution < -0.4 is 5.73 Å². The minimum Gasteiger partial charge on any atom is -0.388 e. The maximum atomic E-state index is 9.89. The van der Waals surface area contributed by atoms with Crippen molar-refractivity contribution in [3.05, 3.63) is 23.0 Å². The van der Waals surface area contributed by atoms with Gasteiger partial charge in [0.2, 0.25) is 6.08 Å². The van der Waals surface area contributed by atoms with Crippen molar-refractivity contribution in [3.8, 4) is 0 Å². The second kappa shape index (κ2) is 4.09. The standard InChI is InChI=1S/C7H4ClN3OS/c8-5-1-4(11-3-12)2-10-6(5)7(9)13/h1-2H,(H2,9,13). The van der Waals surface area contributed by atoms with E-state index in [1.165, 1.54) is 18.3 Å². The second-order valence-corrected chi connectivity index (χ2v) is 2.94. The van der Waals surface area contributed by atoms with Crippen LogP contribution in [0.2, 0.25) is 5.02 Å². The normalized spacial score (nSPS) is 9.00. The monoisotopic (exact) mass is 213 g/mol. The van der Waals surface area contributed by atoms with Crippen LogP contribution in [0.5, 0.6) is 0 Å². The van der Waals surface area contributed by atoms with Gasteiger partial charge in [-0.3, -0.25) is 0 Å². The van der Waals surface area contributed by atoms with Gasteiger partial charge in [0, 0.05) is 0 Å². The number of aliphatic imine (C=N–C) groups is 1. The fourth-order valence-electron chi connectivity index (χ4n) is 0.723. The van der Waals surface area contributed by atoms with Gasteiger partial charge < -0.3 is 5.73 Å². The molecule has 1 rings (SSSR count). The quantitative estimate of drug-likeness (QED) is 0.457. The van der Waals surface area contributed by atoms with E-state index in [2.05, 4.69) is 22.2 Å². The summed E-state index contributed by atoms with van der Waals surface area (Å²) in [7, 11) is 0. The fourth-order valence-corrected chi connectivity index (χ4v) is 1.20. The number of carbonyl (C=O) groups excluding carboxylic acids is 1. The molecule has 6 heteroatoms. The molecule has 1 heterocycles. The van der Waals surface area contributed by atoms with Crippen LogP contribution in [0.3, 0.4) is 0 Å². The van der Waals surface area contributed by atoms with Gasteiger partial charge in [0.1, 0.15) is 10.7 Å². The van der Waals surface area contributed by atoms with E-state index in [1.807, 2.05) is 0 Å². The largest absolute Gasteiger partial charge is 0.388 e. The van der Waals surface area contributed by atoms with Gasteiger partial charge in [0.05, 0.1) is 16.9 Å². The zero-order chi connectivity index (χ0) is 9.84. The number of hydrogen-bond acceptors (Lipinski definition) is 4. The minimum absolute atomic E-state index is 0.103. The van der Waals surface area contributed by atoms with Gasteiger partial charge in [-0.05, 0) is 6.07 Å². The molecule has 1 aromatic heterocycles. The number of isocyanates is 1. The third kappa shape index (κ3) is 2.32. The van der Waals surface area contributed by atoms with E-state index in [-0.39, 0.29) is 10.0 Å². The smallest absolute Gasteiger partial charge is 0.240 e. The van der Waals surface area contributed by atoms with Gasteiger partial charge in [0.25, 0.3) is 0 Å². The van der Waals surface area contributed by atoms with E-state index in [0.29, 0.717) is 11.4 Å². The lowest BCUT2D eigenvalue weighted by Crippen LogP contribution is -2.11. The first kappa shape index (κ1) is 9.80. The first-order chi connectivity index (χ1) is 6.15. The van der Waals surface area contributed by atoms with Crippen molar-refractivity contribution in [1.82, 2.24) is 4.98 Å². The van der Waals surface area contributed by atoms with Gasteiger partial charge >= 0.3 is 0 Å². The van der Waals surface area contributed by atoms with Crippen LogP contribution in [0.25, 0.3) is 0 Å². The summed E-state index contributed by atoms with van der Waals surface area (Å²) in [5, 5.41) is 0.268. The maximum Gasteiger partial charge on any atom is 0.240 e. The van der Waals surface area contributed by atoms with E-state index in [4.69, 9.17) is 17.3 Å². The Labute approximate surface area is 84.4 Å². The highest BCUT2D eigenvalue weighted by molar-refractivity contribution is 7.80. The Hall–Kier alpha value is -1.29. The molecule has 0 fully saturated rings. The number of hydrogen-bond donors (Lipinski definition) is 1. The molecule has 0 aliphatic heterocycles. The molecule has 0 atom stereocenters. The first-order valence-corrected chi connectivity index (χ1v) is 3.97. The van der Waals surface area contributed by atoms with Gasteiger partial charge in [-0.2, -0.15) is 4.99 Å². The van der Waals surface area contributed by atoms with E-state index in [9.17, 15) is 4.79 Å². The molecule has 2 N–H and O–H groups in total. The molecule has 0 aliphatic rings. The van der Waals surface area contributed by atoms with Gasteiger partial charge in [0.15, 0.2) is 0 Å². The topological polar surface area (TPSA) is 68.3 Å². The third-order valence-corrected chi connectivity index (χ3v) is 1.72. The molecule has 0 spiro atoms. The molecule has 0 aliphatic carbocycles. The zero-order valence-corrected chi connectivity index (χ0v) is 7.89. The summed E-state index contributed by atoms with van der Waals surface area (Å²) in [6, 6.07) is 1.44. The first-order valence-electron chi connectivity index (χ1n) is 3.18. The molecular formula is C7H4ClN3OS. The molecule has 66 valence electrons. The maximum absolute atomic E-state index is 9.89. The summed E-state index contributed by atoms with van der Waals surface area (Å²) >= 11 is 10.4. The molecule has 0 radical (unpaired) electrons.